The number of thiophene rings is 1. The number of benzene rings is 9. The van der Waals surface area contributed by atoms with E-state index in [1.54, 1.807) is 11.3 Å². The average Bonchev–Trinajstić information content (AvgIpc) is 3.58. The van der Waals surface area contributed by atoms with Gasteiger partial charge < -0.3 is 0 Å². The highest BCUT2D eigenvalue weighted by Crippen LogP contribution is 2.46. The van der Waals surface area contributed by atoms with Gasteiger partial charge in [-0.2, -0.15) is 0 Å². The lowest BCUT2D eigenvalue weighted by Crippen LogP contribution is -1.91. The summed E-state index contributed by atoms with van der Waals surface area (Å²) in [6, 6.07) is 61.5. The maximum atomic E-state index is 8.70. The molecule has 0 radical (unpaired) electrons. The Morgan fingerprint density at radius 1 is 0.367 bits per heavy atom. The normalized spacial score (nSPS) is 12.2. The van der Waals surface area contributed by atoms with Crippen LogP contribution in [0.15, 0.2) is 182 Å². The van der Waals surface area contributed by atoms with Gasteiger partial charge in [-0.15, -0.1) is 11.3 Å². The minimum absolute atomic E-state index is 0.533. The van der Waals surface area contributed by atoms with Gasteiger partial charge in [0.2, 0.25) is 0 Å². The van der Waals surface area contributed by atoms with Crippen molar-refractivity contribution < 1.29 is 2.74 Å². The van der Waals surface area contributed by atoms with Crippen LogP contribution in [0.4, 0.5) is 0 Å². The summed E-state index contributed by atoms with van der Waals surface area (Å²) in [4.78, 5) is 0. The summed E-state index contributed by atoms with van der Waals surface area (Å²) >= 11 is 1.71. The van der Waals surface area contributed by atoms with Gasteiger partial charge in [-0.3, -0.25) is 0 Å². The third-order valence-electron chi connectivity index (χ3n) is 9.91. The summed E-state index contributed by atoms with van der Waals surface area (Å²) in [6.07, 6.45) is 0. The van der Waals surface area contributed by atoms with Gasteiger partial charge in [-0.1, -0.05) is 158 Å². The first kappa shape index (κ1) is 26.0. The van der Waals surface area contributed by atoms with Crippen molar-refractivity contribution >= 4 is 63.8 Å². The van der Waals surface area contributed by atoms with Crippen molar-refractivity contribution in [3.8, 4) is 44.5 Å². The van der Waals surface area contributed by atoms with Crippen LogP contribution < -0.4 is 0 Å². The molecule has 0 aliphatic rings. The van der Waals surface area contributed by atoms with E-state index in [9.17, 15) is 0 Å². The largest absolute Gasteiger partial charge is 0.135 e. The van der Waals surface area contributed by atoms with Crippen LogP contribution in [0.25, 0.3) is 97.0 Å². The van der Waals surface area contributed by atoms with Crippen LogP contribution in [0.5, 0.6) is 0 Å². The highest BCUT2D eigenvalue weighted by molar-refractivity contribution is 7.25. The predicted molar refractivity (Wildman–Crippen MR) is 214 cm³/mol. The van der Waals surface area contributed by atoms with Crippen LogP contribution in [0.1, 0.15) is 2.74 Å². The van der Waals surface area contributed by atoms with Gasteiger partial charge >= 0.3 is 0 Å². The Morgan fingerprint density at radius 3 is 1.76 bits per heavy atom. The lowest BCUT2D eigenvalue weighted by Gasteiger charge is -2.18. The van der Waals surface area contributed by atoms with E-state index in [4.69, 9.17) is 2.74 Å². The molecule has 0 N–H and O–H groups in total. The maximum Gasteiger partial charge on any atom is 0.0638 e. The number of hydrogen-bond acceptors (Lipinski definition) is 1. The molecule has 10 rings (SSSR count). The summed E-state index contributed by atoms with van der Waals surface area (Å²) in [6.45, 7) is 0. The van der Waals surface area contributed by atoms with Gasteiger partial charge in [-0.05, 0) is 101 Å². The van der Waals surface area contributed by atoms with E-state index >= 15 is 0 Å². The SMILES string of the molecule is [2H]c1ccc2cc(-c3ccc(-c4c5ccccc5c(-c5cccc(-c6ccc([2H])c7sc8ccccc8c67)c5)c5ccccc45)cc3)ccc2c1. The summed E-state index contributed by atoms with van der Waals surface area (Å²) in [5.74, 6) is 0. The molecule has 0 aliphatic carbocycles. The molecule has 228 valence electrons. The summed E-state index contributed by atoms with van der Waals surface area (Å²) in [5.41, 5.74) is 9.50. The number of fused-ring (bicyclic) bond motifs is 6. The molecule has 1 heteroatoms. The van der Waals surface area contributed by atoms with Crippen LogP contribution in [0, 0.1) is 0 Å². The van der Waals surface area contributed by atoms with Crippen molar-refractivity contribution in [2.24, 2.45) is 0 Å². The van der Waals surface area contributed by atoms with Crippen LogP contribution in [0.3, 0.4) is 0 Å². The van der Waals surface area contributed by atoms with Gasteiger partial charge in [-0.25, -0.2) is 0 Å². The van der Waals surface area contributed by atoms with Gasteiger partial charge in [0.15, 0.2) is 0 Å². The molecule has 0 saturated carbocycles. The monoisotopic (exact) mass is 640 g/mol. The average molecular weight is 641 g/mol. The first-order valence-electron chi connectivity index (χ1n) is 17.7. The molecule has 1 aromatic heterocycles. The Kier molecular flexibility index (Phi) is 6.00. The van der Waals surface area contributed by atoms with Crippen molar-refractivity contribution in [1.29, 1.82) is 0 Å². The van der Waals surface area contributed by atoms with E-state index in [0.717, 1.165) is 26.6 Å². The van der Waals surface area contributed by atoms with Crippen LogP contribution in [0.2, 0.25) is 0 Å². The standard InChI is InChI=1S/C48H30S/c1-2-12-34-29-35(28-25-31(34)11-1)32-23-26-33(27-24-32)46-39-15-3-5-17-41(39)47(42-18-6-4-16-40(42)46)37-14-9-13-36(30-37)38-20-10-22-45-48(38)43-19-7-8-21-44(43)49-45/h1-30H/i1D,22D. The Balaban J connectivity index is 1.14. The van der Waals surface area contributed by atoms with Gasteiger partial charge in [0, 0.05) is 20.2 Å². The van der Waals surface area contributed by atoms with Crippen LogP contribution >= 0.6 is 11.3 Å². The van der Waals surface area contributed by atoms with E-state index in [1.165, 1.54) is 70.4 Å². The third kappa shape index (κ3) is 4.58. The second-order valence-corrected chi connectivity index (χ2v) is 13.7. The second-order valence-electron chi connectivity index (χ2n) is 12.7. The Morgan fingerprint density at radius 2 is 1.00 bits per heavy atom. The minimum atomic E-state index is 0.533. The first-order valence-corrected chi connectivity index (χ1v) is 17.5. The van der Waals surface area contributed by atoms with Gasteiger partial charge in [0.25, 0.3) is 0 Å². The molecule has 0 amide bonds. The molecule has 0 fully saturated rings. The van der Waals surface area contributed by atoms with Gasteiger partial charge in [0.05, 0.1) is 2.74 Å². The molecule has 9 aromatic carbocycles. The molecule has 0 nitrogen and oxygen atoms in total. The van der Waals surface area contributed by atoms with Crippen LogP contribution in [-0.2, 0) is 0 Å². The van der Waals surface area contributed by atoms with Crippen molar-refractivity contribution in [2.75, 3.05) is 0 Å². The molecule has 10 aromatic rings. The minimum Gasteiger partial charge on any atom is -0.135 e. The van der Waals surface area contributed by atoms with E-state index < -0.39 is 0 Å². The third-order valence-corrected chi connectivity index (χ3v) is 11.0. The zero-order valence-corrected chi connectivity index (χ0v) is 27.4. The second kappa shape index (κ2) is 11.3. The highest BCUT2D eigenvalue weighted by atomic mass is 32.1. The number of rotatable bonds is 4. The predicted octanol–water partition coefficient (Wildman–Crippen LogP) is 14.2. The molecule has 0 unspecified atom stereocenters. The summed E-state index contributed by atoms with van der Waals surface area (Å²) in [7, 11) is 0. The smallest absolute Gasteiger partial charge is 0.0638 e. The van der Waals surface area contributed by atoms with E-state index in [2.05, 4.69) is 146 Å². The Hall–Kier alpha value is -6.02. The van der Waals surface area contributed by atoms with E-state index in [1.807, 2.05) is 24.3 Å². The maximum absolute atomic E-state index is 8.70. The van der Waals surface area contributed by atoms with Crippen LogP contribution in [-0.4, -0.2) is 0 Å². The molecule has 49 heavy (non-hydrogen) atoms. The molecule has 0 bridgehead atoms. The first-order chi connectivity index (χ1) is 25.1. The lowest BCUT2D eigenvalue weighted by molar-refractivity contribution is 1.62. The van der Waals surface area contributed by atoms with E-state index in [-0.39, 0.29) is 0 Å². The molecule has 1 heterocycles. The van der Waals surface area contributed by atoms with Crippen molar-refractivity contribution in [2.45, 2.75) is 0 Å². The summed E-state index contributed by atoms with van der Waals surface area (Å²) in [5, 5.41) is 9.51. The zero-order chi connectivity index (χ0) is 34.1. The van der Waals surface area contributed by atoms with Crippen molar-refractivity contribution in [1.82, 2.24) is 0 Å². The lowest BCUT2D eigenvalue weighted by atomic mass is 9.85. The molecular formula is C48H30S. The van der Waals surface area contributed by atoms with Crippen molar-refractivity contribution in [3.63, 3.8) is 0 Å². The Bertz CT molecular complexity index is 2930. The highest BCUT2D eigenvalue weighted by Gasteiger charge is 2.18. The van der Waals surface area contributed by atoms with E-state index in [0.29, 0.717) is 12.1 Å². The fourth-order valence-electron chi connectivity index (χ4n) is 7.67. The van der Waals surface area contributed by atoms with Gasteiger partial charge in [0.1, 0.15) is 0 Å². The quantitative estimate of drug-likeness (QED) is 0.168. The molecule has 0 atom stereocenters. The van der Waals surface area contributed by atoms with Crippen molar-refractivity contribution in [3.05, 3.63) is 182 Å². The molecule has 0 saturated heterocycles. The summed E-state index contributed by atoms with van der Waals surface area (Å²) < 4.78 is 18.9. The molecular weight excluding hydrogens is 609 g/mol. The zero-order valence-electron chi connectivity index (χ0n) is 28.6. The molecule has 0 spiro atoms. The number of hydrogen-bond donors (Lipinski definition) is 0. The fraction of sp³-hybridized carbons (Fsp3) is 0. The topological polar surface area (TPSA) is 0 Å². The Labute approximate surface area is 292 Å². The fourth-order valence-corrected chi connectivity index (χ4v) is 8.76. The molecule has 0 aliphatic heterocycles.